The standard InChI is InChI=1S/C13H10O.Pb.2H/c1-3-7-12-10(5-1)9-11-6-2-4-8-13(11)14-12;;;/h1-8H,9H2;;;. The Kier molecular flexibility index (Phi) is 3.09. The fourth-order valence-corrected chi connectivity index (χ4v) is 1.82. The third kappa shape index (κ3) is 1.93. The van der Waals surface area contributed by atoms with Gasteiger partial charge < -0.3 is 4.74 Å². The number of rotatable bonds is 0. The number of fused-ring (bicyclic) bond motifs is 2. The minimum atomic E-state index is 0. The molecule has 0 spiro atoms. The molecule has 0 unspecified atom stereocenters. The second-order valence-corrected chi connectivity index (χ2v) is 3.49. The van der Waals surface area contributed by atoms with Gasteiger partial charge in [0, 0.05) is 6.42 Å². The number of ether oxygens (including phenoxy) is 1. The molecule has 74 valence electrons. The summed E-state index contributed by atoms with van der Waals surface area (Å²) in [6, 6.07) is 16.4. The largest absolute Gasteiger partial charge is 0.457 e. The summed E-state index contributed by atoms with van der Waals surface area (Å²) in [5.41, 5.74) is 2.54. The Morgan fingerprint density at radius 1 is 0.733 bits per heavy atom. The molecule has 0 aliphatic carbocycles. The monoisotopic (exact) mass is 392 g/mol. The van der Waals surface area contributed by atoms with Gasteiger partial charge in [-0.25, -0.2) is 0 Å². The van der Waals surface area contributed by atoms with Crippen molar-refractivity contribution in [2.45, 2.75) is 6.42 Å². The first-order valence-corrected chi connectivity index (χ1v) is 4.77. The average Bonchev–Trinajstić information content (AvgIpc) is 2.26. The second-order valence-electron chi connectivity index (χ2n) is 3.49. The molecule has 0 fully saturated rings. The predicted octanol–water partition coefficient (Wildman–Crippen LogP) is 2.47. The van der Waals surface area contributed by atoms with Gasteiger partial charge in [0.2, 0.25) is 0 Å². The number of benzene rings is 2. The maximum Gasteiger partial charge on any atom is 0.130 e. The van der Waals surface area contributed by atoms with Gasteiger partial charge in [0.05, 0.1) is 0 Å². The van der Waals surface area contributed by atoms with Gasteiger partial charge in [-0.05, 0) is 23.3 Å². The van der Waals surface area contributed by atoms with Crippen molar-refractivity contribution in [2.24, 2.45) is 0 Å². The fourth-order valence-electron chi connectivity index (χ4n) is 1.82. The molecule has 2 radical (unpaired) electrons. The van der Waals surface area contributed by atoms with E-state index in [9.17, 15) is 0 Å². The molecule has 0 saturated carbocycles. The third-order valence-electron chi connectivity index (χ3n) is 2.55. The zero-order valence-corrected chi connectivity index (χ0v) is 13.9. The smallest absolute Gasteiger partial charge is 0.130 e. The van der Waals surface area contributed by atoms with Crippen LogP contribution in [-0.2, 0) is 6.42 Å². The van der Waals surface area contributed by atoms with Crippen LogP contribution in [0.15, 0.2) is 48.5 Å². The van der Waals surface area contributed by atoms with Gasteiger partial charge in [0.25, 0.3) is 0 Å². The molecule has 1 aliphatic rings. The Bertz CT molecular complexity index is 392. The van der Waals surface area contributed by atoms with Gasteiger partial charge in [-0.15, -0.1) is 0 Å². The maximum atomic E-state index is 5.78. The van der Waals surface area contributed by atoms with E-state index in [-0.39, 0.29) is 27.3 Å². The van der Waals surface area contributed by atoms with Crippen LogP contribution in [-0.4, -0.2) is 27.3 Å². The van der Waals surface area contributed by atoms with E-state index in [1.54, 1.807) is 0 Å². The summed E-state index contributed by atoms with van der Waals surface area (Å²) < 4.78 is 5.78. The molecule has 1 aliphatic heterocycles. The molecular formula is C13H12OPb. The van der Waals surface area contributed by atoms with Crippen molar-refractivity contribution >= 4 is 27.3 Å². The zero-order valence-electron chi connectivity index (χ0n) is 8.44. The van der Waals surface area contributed by atoms with Gasteiger partial charge >= 0.3 is 27.3 Å². The Balaban J connectivity index is 0.000000853. The number of hydrogen-bond donors (Lipinski definition) is 0. The normalized spacial score (nSPS) is 11.7. The topological polar surface area (TPSA) is 9.23 Å². The summed E-state index contributed by atoms with van der Waals surface area (Å²) in [7, 11) is 0. The Hall–Kier alpha value is -0.838. The van der Waals surface area contributed by atoms with Gasteiger partial charge in [-0.1, -0.05) is 36.4 Å². The summed E-state index contributed by atoms with van der Waals surface area (Å²) in [5, 5.41) is 0. The average molecular weight is 391 g/mol. The molecule has 0 bridgehead atoms. The van der Waals surface area contributed by atoms with Gasteiger partial charge in [0.15, 0.2) is 0 Å². The molecule has 1 nitrogen and oxygen atoms in total. The second kappa shape index (κ2) is 4.35. The SMILES string of the molecule is [PbH2].c1ccc2c(c1)Cc1ccccc1O2. The van der Waals surface area contributed by atoms with Crippen LogP contribution in [0.4, 0.5) is 0 Å². The van der Waals surface area contributed by atoms with E-state index in [1.807, 2.05) is 24.3 Å². The molecule has 1 heterocycles. The van der Waals surface area contributed by atoms with Crippen molar-refractivity contribution in [3.05, 3.63) is 59.7 Å². The van der Waals surface area contributed by atoms with Crippen LogP contribution in [0.2, 0.25) is 0 Å². The summed E-state index contributed by atoms with van der Waals surface area (Å²) >= 11 is 0. The molecule has 2 aromatic carbocycles. The van der Waals surface area contributed by atoms with E-state index in [4.69, 9.17) is 4.74 Å². The van der Waals surface area contributed by atoms with Crippen molar-refractivity contribution in [2.75, 3.05) is 0 Å². The van der Waals surface area contributed by atoms with Crippen molar-refractivity contribution < 1.29 is 4.74 Å². The van der Waals surface area contributed by atoms with E-state index < -0.39 is 0 Å². The predicted molar refractivity (Wildman–Crippen MR) is 64.3 cm³/mol. The van der Waals surface area contributed by atoms with Crippen LogP contribution >= 0.6 is 0 Å². The Labute approximate surface area is 109 Å². The summed E-state index contributed by atoms with van der Waals surface area (Å²) in [5.74, 6) is 1.98. The van der Waals surface area contributed by atoms with Crippen LogP contribution in [0.1, 0.15) is 11.1 Å². The molecular weight excluding hydrogens is 379 g/mol. The van der Waals surface area contributed by atoms with E-state index >= 15 is 0 Å². The number of hydrogen-bond acceptors (Lipinski definition) is 1. The molecule has 2 heteroatoms. The maximum absolute atomic E-state index is 5.78. The summed E-state index contributed by atoms with van der Waals surface area (Å²) in [6.07, 6.45) is 0.979. The number of para-hydroxylation sites is 2. The van der Waals surface area contributed by atoms with E-state index in [2.05, 4.69) is 24.3 Å². The third-order valence-corrected chi connectivity index (χ3v) is 2.55. The van der Waals surface area contributed by atoms with Crippen molar-refractivity contribution in [3.63, 3.8) is 0 Å². The van der Waals surface area contributed by atoms with Gasteiger partial charge in [-0.3, -0.25) is 0 Å². The zero-order chi connectivity index (χ0) is 9.38. The molecule has 0 atom stereocenters. The summed E-state index contributed by atoms with van der Waals surface area (Å²) in [4.78, 5) is 0. The van der Waals surface area contributed by atoms with Crippen molar-refractivity contribution in [1.29, 1.82) is 0 Å². The van der Waals surface area contributed by atoms with Crippen LogP contribution < -0.4 is 4.74 Å². The first-order valence-electron chi connectivity index (χ1n) is 4.77. The van der Waals surface area contributed by atoms with Crippen LogP contribution in [0, 0.1) is 0 Å². The first-order chi connectivity index (χ1) is 6.93. The van der Waals surface area contributed by atoms with Crippen LogP contribution in [0.3, 0.4) is 0 Å². The molecule has 0 aromatic heterocycles. The van der Waals surface area contributed by atoms with Crippen molar-refractivity contribution in [1.82, 2.24) is 0 Å². The molecule has 3 rings (SSSR count). The van der Waals surface area contributed by atoms with E-state index in [0.29, 0.717) is 0 Å². The van der Waals surface area contributed by atoms with Crippen LogP contribution in [0.5, 0.6) is 11.5 Å². The molecule has 0 saturated heterocycles. The first kappa shape index (κ1) is 10.7. The molecule has 2 aromatic rings. The van der Waals surface area contributed by atoms with Crippen LogP contribution in [0.25, 0.3) is 0 Å². The van der Waals surface area contributed by atoms with Gasteiger partial charge in [-0.2, -0.15) is 0 Å². The van der Waals surface area contributed by atoms with Crippen molar-refractivity contribution in [3.8, 4) is 11.5 Å². The van der Waals surface area contributed by atoms with E-state index in [1.165, 1.54) is 11.1 Å². The molecule has 15 heavy (non-hydrogen) atoms. The Morgan fingerprint density at radius 3 is 1.73 bits per heavy atom. The molecule has 0 N–H and O–H groups in total. The van der Waals surface area contributed by atoms with Gasteiger partial charge in [0.1, 0.15) is 11.5 Å². The Morgan fingerprint density at radius 2 is 1.20 bits per heavy atom. The quantitative estimate of drug-likeness (QED) is 0.535. The minimum absolute atomic E-state index is 0. The minimum Gasteiger partial charge on any atom is -0.457 e. The fraction of sp³-hybridized carbons (Fsp3) is 0.0769. The van der Waals surface area contributed by atoms with E-state index in [0.717, 1.165) is 17.9 Å². The summed E-state index contributed by atoms with van der Waals surface area (Å²) in [6.45, 7) is 0. The molecule has 0 amide bonds.